The van der Waals surface area contributed by atoms with Gasteiger partial charge >= 0.3 is 11.7 Å². The Morgan fingerprint density at radius 1 is 1.06 bits per heavy atom. The van der Waals surface area contributed by atoms with E-state index in [4.69, 9.17) is 21.1 Å². The van der Waals surface area contributed by atoms with Crippen LogP contribution in [0, 0.1) is 0 Å². The lowest BCUT2D eigenvalue weighted by molar-refractivity contribution is 0.271. The molecule has 0 spiro atoms. The zero-order valence-corrected chi connectivity index (χ0v) is 18.2. The Morgan fingerprint density at radius 3 is 2.47 bits per heavy atom. The number of hydrogen-bond acceptors (Lipinski definition) is 6. The molecular weight excluding hydrogens is 436 g/mol. The first-order valence-corrected chi connectivity index (χ1v) is 10.2. The van der Waals surface area contributed by atoms with Crippen molar-refractivity contribution in [1.29, 1.82) is 0 Å². The highest BCUT2D eigenvalue weighted by atomic mass is 35.5. The summed E-state index contributed by atoms with van der Waals surface area (Å²) in [4.78, 5) is 30.3. The van der Waals surface area contributed by atoms with Crippen molar-refractivity contribution in [2.75, 3.05) is 13.7 Å². The maximum atomic E-state index is 13.2. The number of halogens is 1. The largest absolute Gasteiger partial charge is 0.497 e. The fraction of sp³-hybridized carbons (Fsp3) is 0.227. The molecule has 0 aliphatic carbocycles. The van der Waals surface area contributed by atoms with Crippen molar-refractivity contribution in [3.05, 3.63) is 80.0 Å². The standard InChI is InChI=1S/C22H21ClN4O5/c1-25-19-18(20(29)26(10-11-28)22(25)30)27(13-14-6-8-15(23)9-7-14)21(24-19)32-17-5-3-4-16(12-17)31-2/h3-9,12,28H,10-11,13H2,1-2H3. The summed E-state index contributed by atoms with van der Waals surface area (Å²) in [6.45, 7) is -0.224. The minimum Gasteiger partial charge on any atom is -0.497 e. The van der Waals surface area contributed by atoms with E-state index in [1.54, 1.807) is 48.1 Å². The Hall–Kier alpha value is -3.56. The van der Waals surface area contributed by atoms with E-state index in [9.17, 15) is 14.7 Å². The second-order valence-corrected chi connectivity index (χ2v) is 7.52. The van der Waals surface area contributed by atoms with Crippen molar-refractivity contribution in [3.63, 3.8) is 0 Å². The van der Waals surface area contributed by atoms with Gasteiger partial charge in [0.25, 0.3) is 5.56 Å². The molecule has 0 unspecified atom stereocenters. The highest BCUT2D eigenvalue weighted by Crippen LogP contribution is 2.27. The van der Waals surface area contributed by atoms with Crippen molar-refractivity contribution in [1.82, 2.24) is 18.7 Å². The SMILES string of the molecule is COc1cccc(Oc2nc3c(c(=O)n(CCO)c(=O)n3C)n2Cc2ccc(Cl)cc2)c1. The topological polar surface area (TPSA) is 101 Å². The predicted octanol–water partition coefficient (Wildman–Crippen LogP) is 2.39. The van der Waals surface area contributed by atoms with Gasteiger partial charge in [-0.2, -0.15) is 4.98 Å². The number of ether oxygens (including phenoxy) is 2. The Morgan fingerprint density at radius 2 is 1.78 bits per heavy atom. The van der Waals surface area contributed by atoms with Crippen LogP contribution in [0.25, 0.3) is 11.2 Å². The van der Waals surface area contributed by atoms with E-state index in [1.165, 1.54) is 11.6 Å². The van der Waals surface area contributed by atoms with Crippen LogP contribution in [0.3, 0.4) is 0 Å². The normalized spacial score (nSPS) is 11.1. The monoisotopic (exact) mass is 456 g/mol. The van der Waals surface area contributed by atoms with Crippen LogP contribution >= 0.6 is 11.6 Å². The smallest absolute Gasteiger partial charge is 0.332 e. The lowest BCUT2D eigenvalue weighted by Gasteiger charge is -2.11. The number of methoxy groups -OCH3 is 1. The molecule has 0 radical (unpaired) electrons. The quantitative estimate of drug-likeness (QED) is 0.458. The Labute approximate surface area is 187 Å². The van der Waals surface area contributed by atoms with Gasteiger partial charge in [-0.05, 0) is 29.8 Å². The van der Waals surface area contributed by atoms with E-state index in [2.05, 4.69) is 4.98 Å². The van der Waals surface area contributed by atoms with Crippen LogP contribution in [-0.2, 0) is 20.1 Å². The average molecular weight is 457 g/mol. The summed E-state index contributed by atoms with van der Waals surface area (Å²) in [5.74, 6) is 1.05. The second-order valence-electron chi connectivity index (χ2n) is 7.08. The Balaban J connectivity index is 1.93. The fourth-order valence-corrected chi connectivity index (χ4v) is 3.54. The van der Waals surface area contributed by atoms with Gasteiger partial charge in [-0.3, -0.25) is 18.5 Å². The lowest BCUT2D eigenvalue weighted by atomic mass is 10.2. The molecule has 0 amide bonds. The third-order valence-electron chi connectivity index (χ3n) is 5.03. The number of hydrogen-bond donors (Lipinski definition) is 1. The molecule has 4 rings (SSSR count). The molecule has 2 heterocycles. The summed E-state index contributed by atoms with van der Waals surface area (Å²) in [5, 5.41) is 9.92. The molecule has 2 aromatic heterocycles. The minimum absolute atomic E-state index is 0.125. The van der Waals surface area contributed by atoms with Gasteiger partial charge in [-0.15, -0.1) is 0 Å². The second kappa shape index (κ2) is 8.89. The van der Waals surface area contributed by atoms with E-state index in [-0.39, 0.29) is 36.9 Å². The molecule has 0 bridgehead atoms. The molecule has 2 aromatic carbocycles. The summed E-state index contributed by atoms with van der Waals surface area (Å²) < 4.78 is 15.1. The van der Waals surface area contributed by atoms with Crippen molar-refractivity contribution < 1.29 is 14.6 Å². The van der Waals surface area contributed by atoms with E-state index < -0.39 is 11.2 Å². The van der Waals surface area contributed by atoms with Crippen molar-refractivity contribution >= 4 is 22.8 Å². The first-order valence-electron chi connectivity index (χ1n) is 9.80. The molecule has 166 valence electrons. The van der Waals surface area contributed by atoms with Crippen molar-refractivity contribution in [2.45, 2.75) is 13.1 Å². The van der Waals surface area contributed by atoms with Gasteiger partial charge in [0.1, 0.15) is 11.5 Å². The number of aryl methyl sites for hydroxylation is 1. The molecular formula is C22H21ClN4O5. The predicted molar refractivity (Wildman–Crippen MR) is 120 cm³/mol. The van der Waals surface area contributed by atoms with Crippen LogP contribution in [0.15, 0.2) is 58.1 Å². The molecule has 0 aliphatic rings. The number of fused-ring (bicyclic) bond motifs is 1. The van der Waals surface area contributed by atoms with E-state index in [0.717, 1.165) is 10.1 Å². The highest BCUT2D eigenvalue weighted by Gasteiger charge is 2.22. The van der Waals surface area contributed by atoms with Crippen molar-refractivity contribution in [2.24, 2.45) is 7.05 Å². The average Bonchev–Trinajstić information content (AvgIpc) is 3.15. The number of imidazole rings is 1. The van der Waals surface area contributed by atoms with Crippen LogP contribution in [0.5, 0.6) is 17.5 Å². The number of aromatic nitrogens is 4. The lowest BCUT2D eigenvalue weighted by Crippen LogP contribution is -2.40. The van der Waals surface area contributed by atoms with Gasteiger partial charge in [-0.1, -0.05) is 29.8 Å². The number of rotatable bonds is 7. The molecule has 0 aliphatic heterocycles. The van der Waals surface area contributed by atoms with Gasteiger partial charge in [0.05, 0.1) is 26.8 Å². The maximum Gasteiger partial charge on any atom is 0.332 e. The number of nitrogens with zero attached hydrogens (tertiary/aromatic N) is 4. The molecule has 0 fully saturated rings. The van der Waals surface area contributed by atoms with Gasteiger partial charge in [0.15, 0.2) is 11.2 Å². The van der Waals surface area contributed by atoms with E-state index in [0.29, 0.717) is 16.5 Å². The zero-order chi connectivity index (χ0) is 22.8. The van der Waals surface area contributed by atoms with Crippen LogP contribution in [0.4, 0.5) is 0 Å². The summed E-state index contributed by atoms with van der Waals surface area (Å²) in [6, 6.07) is 14.3. The molecule has 32 heavy (non-hydrogen) atoms. The Bertz CT molecular complexity index is 1390. The Kier molecular flexibility index (Phi) is 6.02. The summed E-state index contributed by atoms with van der Waals surface area (Å²) >= 11 is 6.00. The number of aliphatic hydroxyl groups is 1. The third kappa shape index (κ3) is 4.00. The van der Waals surface area contributed by atoms with Gasteiger partial charge in [0.2, 0.25) is 0 Å². The fourth-order valence-electron chi connectivity index (χ4n) is 3.42. The number of benzene rings is 2. The van der Waals surface area contributed by atoms with Crippen LogP contribution in [-0.4, -0.2) is 37.5 Å². The third-order valence-corrected chi connectivity index (χ3v) is 5.28. The molecule has 0 atom stereocenters. The van der Waals surface area contributed by atoms with Crippen LogP contribution in [0.1, 0.15) is 5.56 Å². The summed E-state index contributed by atoms with van der Waals surface area (Å²) in [5.41, 5.74) is 0.0975. The zero-order valence-electron chi connectivity index (χ0n) is 17.5. The van der Waals surface area contributed by atoms with Crippen LogP contribution in [0.2, 0.25) is 5.02 Å². The summed E-state index contributed by atoms with van der Waals surface area (Å²) in [7, 11) is 3.07. The van der Waals surface area contributed by atoms with E-state index in [1.807, 2.05) is 12.1 Å². The minimum atomic E-state index is -0.569. The highest BCUT2D eigenvalue weighted by molar-refractivity contribution is 6.30. The molecule has 0 saturated carbocycles. The van der Waals surface area contributed by atoms with Crippen LogP contribution < -0.4 is 20.7 Å². The number of aliphatic hydroxyl groups excluding tert-OH is 1. The molecule has 1 N–H and O–H groups in total. The first-order chi connectivity index (χ1) is 15.4. The van der Waals surface area contributed by atoms with Gasteiger partial charge in [-0.25, -0.2) is 4.79 Å². The first kappa shape index (κ1) is 21.7. The molecule has 9 nitrogen and oxygen atoms in total. The summed E-state index contributed by atoms with van der Waals surface area (Å²) in [6.07, 6.45) is 0. The molecule has 0 saturated heterocycles. The van der Waals surface area contributed by atoms with E-state index >= 15 is 0 Å². The van der Waals surface area contributed by atoms with Gasteiger partial charge < -0.3 is 14.6 Å². The van der Waals surface area contributed by atoms with Crippen molar-refractivity contribution in [3.8, 4) is 17.5 Å². The van der Waals surface area contributed by atoms with Gasteiger partial charge in [0, 0.05) is 18.1 Å². The molecule has 4 aromatic rings. The molecule has 10 heteroatoms. The maximum absolute atomic E-state index is 13.2.